The summed E-state index contributed by atoms with van der Waals surface area (Å²) in [5.41, 5.74) is 2.24. The molecule has 0 bridgehead atoms. The van der Waals surface area contributed by atoms with Crippen molar-refractivity contribution >= 4 is 23.1 Å². The second kappa shape index (κ2) is 10.2. The van der Waals surface area contributed by atoms with E-state index in [4.69, 9.17) is 14.2 Å². The van der Waals surface area contributed by atoms with Gasteiger partial charge in [-0.2, -0.15) is 0 Å². The number of Topliss-reactive ketones (excluding diaryl/α,β-unsaturated/α-hetero) is 1. The smallest absolute Gasteiger partial charge is 0.295 e. The highest BCUT2D eigenvalue weighted by Gasteiger charge is 2.46. The first-order chi connectivity index (χ1) is 17.4. The summed E-state index contributed by atoms with van der Waals surface area (Å²) in [6, 6.07) is 12.0. The third-order valence-electron chi connectivity index (χ3n) is 6.84. The van der Waals surface area contributed by atoms with E-state index in [1.54, 1.807) is 23.1 Å². The van der Waals surface area contributed by atoms with E-state index in [-0.39, 0.29) is 11.3 Å². The van der Waals surface area contributed by atoms with Crippen LogP contribution in [0.15, 0.2) is 48.0 Å². The van der Waals surface area contributed by atoms with Gasteiger partial charge in [-0.15, -0.1) is 0 Å². The second-order valence-electron chi connectivity index (χ2n) is 9.29. The normalized spacial score (nSPS) is 21.6. The molecule has 36 heavy (non-hydrogen) atoms. The number of hydrogen-bond donors (Lipinski definition) is 1. The van der Waals surface area contributed by atoms with Gasteiger partial charge in [-0.3, -0.25) is 14.5 Å². The zero-order valence-electron chi connectivity index (χ0n) is 20.6. The van der Waals surface area contributed by atoms with Gasteiger partial charge in [0.2, 0.25) is 0 Å². The molecule has 0 unspecified atom stereocenters. The molecule has 1 amide bonds. The van der Waals surface area contributed by atoms with Gasteiger partial charge in [0.25, 0.3) is 11.7 Å². The predicted octanol–water partition coefficient (Wildman–Crippen LogP) is 2.28. The number of hydrogen-bond acceptors (Lipinski definition) is 8. The molecule has 2 saturated heterocycles. The Morgan fingerprint density at radius 2 is 1.64 bits per heavy atom. The third kappa shape index (κ3) is 4.64. The zero-order valence-corrected chi connectivity index (χ0v) is 20.6. The lowest BCUT2D eigenvalue weighted by atomic mass is 9.95. The number of ether oxygens (including phenoxy) is 3. The molecule has 2 fully saturated rings. The number of carbonyl (C=O) groups excluding carboxylic acids is 2. The Labute approximate surface area is 210 Å². The number of fused-ring (bicyclic) bond motifs is 1. The fourth-order valence-electron chi connectivity index (χ4n) is 4.83. The molecule has 2 aromatic rings. The average molecular weight is 494 g/mol. The molecule has 0 radical (unpaired) electrons. The van der Waals surface area contributed by atoms with E-state index in [2.05, 4.69) is 4.90 Å². The van der Waals surface area contributed by atoms with Crippen molar-refractivity contribution in [3.63, 3.8) is 0 Å². The summed E-state index contributed by atoms with van der Waals surface area (Å²) in [6.07, 6.45) is 0. The number of ketones is 1. The number of benzene rings is 2. The van der Waals surface area contributed by atoms with Gasteiger partial charge in [0, 0.05) is 51.5 Å². The highest BCUT2D eigenvalue weighted by molar-refractivity contribution is 6.46. The van der Waals surface area contributed by atoms with Crippen molar-refractivity contribution in [2.24, 2.45) is 0 Å². The highest BCUT2D eigenvalue weighted by Crippen LogP contribution is 2.41. The lowest BCUT2D eigenvalue weighted by molar-refractivity contribution is -0.140. The van der Waals surface area contributed by atoms with Crippen LogP contribution in [0.25, 0.3) is 5.76 Å². The molecular weight excluding hydrogens is 462 g/mol. The van der Waals surface area contributed by atoms with Crippen LogP contribution in [0.5, 0.6) is 11.5 Å². The summed E-state index contributed by atoms with van der Waals surface area (Å²) >= 11 is 0. The van der Waals surface area contributed by atoms with E-state index < -0.39 is 17.7 Å². The van der Waals surface area contributed by atoms with Crippen molar-refractivity contribution in [2.75, 3.05) is 71.6 Å². The lowest BCUT2D eigenvalue weighted by Crippen LogP contribution is -2.42. The Hall–Kier alpha value is -3.56. The SMILES string of the molecule is CN(C)c1ccc([C@H]2C(=C(O)c3ccc4c(c3)OCCO4)C(=O)C(=O)N2CCN2CCOCC2)cc1. The Balaban J connectivity index is 1.53. The maximum atomic E-state index is 13.3. The Bertz CT molecular complexity index is 1170. The van der Waals surface area contributed by atoms with Gasteiger partial charge >= 0.3 is 0 Å². The number of anilines is 1. The van der Waals surface area contributed by atoms with E-state index in [0.717, 1.165) is 24.3 Å². The first-order valence-electron chi connectivity index (χ1n) is 12.2. The third-order valence-corrected chi connectivity index (χ3v) is 6.84. The molecule has 190 valence electrons. The fraction of sp³-hybridized carbons (Fsp3) is 0.407. The van der Waals surface area contributed by atoms with Crippen LogP contribution in [0.4, 0.5) is 5.69 Å². The molecule has 3 heterocycles. The topological polar surface area (TPSA) is 91.8 Å². The van der Waals surface area contributed by atoms with Crippen molar-refractivity contribution in [3.05, 3.63) is 59.2 Å². The Kier molecular flexibility index (Phi) is 6.84. The van der Waals surface area contributed by atoms with Gasteiger partial charge in [-0.1, -0.05) is 12.1 Å². The monoisotopic (exact) mass is 493 g/mol. The summed E-state index contributed by atoms with van der Waals surface area (Å²) in [5, 5.41) is 11.4. The number of aliphatic hydroxyl groups excluding tert-OH is 1. The Morgan fingerprint density at radius 3 is 2.33 bits per heavy atom. The fourth-order valence-corrected chi connectivity index (χ4v) is 4.83. The van der Waals surface area contributed by atoms with Gasteiger partial charge in [0.15, 0.2) is 11.5 Å². The number of likely N-dealkylation sites (tertiary alicyclic amines) is 1. The van der Waals surface area contributed by atoms with Crippen LogP contribution >= 0.6 is 0 Å². The summed E-state index contributed by atoms with van der Waals surface area (Å²) in [6.45, 7) is 4.70. The summed E-state index contributed by atoms with van der Waals surface area (Å²) in [7, 11) is 3.90. The molecule has 2 aromatic carbocycles. The molecule has 9 nitrogen and oxygen atoms in total. The van der Waals surface area contributed by atoms with Crippen LogP contribution in [-0.4, -0.2) is 93.3 Å². The molecule has 3 aliphatic rings. The summed E-state index contributed by atoms with van der Waals surface area (Å²) < 4.78 is 16.7. The maximum absolute atomic E-state index is 13.3. The van der Waals surface area contributed by atoms with E-state index >= 15 is 0 Å². The zero-order chi connectivity index (χ0) is 25.2. The van der Waals surface area contributed by atoms with Crippen molar-refractivity contribution < 1.29 is 28.9 Å². The molecule has 1 atom stereocenters. The van der Waals surface area contributed by atoms with Crippen molar-refractivity contribution in [1.82, 2.24) is 9.80 Å². The molecule has 9 heteroatoms. The molecule has 0 aliphatic carbocycles. The number of rotatable bonds is 6. The van der Waals surface area contributed by atoms with Gasteiger partial charge in [0.05, 0.1) is 24.8 Å². The molecule has 3 aliphatic heterocycles. The predicted molar refractivity (Wildman–Crippen MR) is 134 cm³/mol. The van der Waals surface area contributed by atoms with Crippen LogP contribution in [0.3, 0.4) is 0 Å². The highest BCUT2D eigenvalue weighted by atomic mass is 16.6. The van der Waals surface area contributed by atoms with Gasteiger partial charge in [0.1, 0.15) is 19.0 Å². The minimum atomic E-state index is -0.699. The minimum absolute atomic E-state index is 0.0799. The van der Waals surface area contributed by atoms with Crippen LogP contribution in [-0.2, 0) is 14.3 Å². The van der Waals surface area contributed by atoms with Crippen LogP contribution in [0.1, 0.15) is 17.2 Å². The number of carbonyl (C=O) groups is 2. The molecule has 1 N–H and O–H groups in total. The van der Waals surface area contributed by atoms with Gasteiger partial charge in [-0.25, -0.2) is 0 Å². The molecule has 0 aromatic heterocycles. The van der Waals surface area contributed by atoms with Crippen LogP contribution in [0, 0.1) is 0 Å². The standard InChI is InChI=1S/C27H31N3O6/c1-28(2)20-6-3-18(4-7-20)24-23(25(31)19-5-8-21-22(17-19)36-16-15-35-21)26(32)27(33)30(24)10-9-29-11-13-34-14-12-29/h3-8,17,24,31H,9-16H2,1-2H3/t24-/m0/s1. The van der Waals surface area contributed by atoms with E-state index in [9.17, 15) is 14.7 Å². The molecule has 0 spiro atoms. The van der Waals surface area contributed by atoms with E-state index in [1.165, 1.54) is 0 Å². The number of amides is 1. The number of morpholine rings is 1. The largest absolute Gasteiger partial charge is 0.507 e. The average Bonchev–Trinajstić information content (AvgIpc) is 3.16. The summed E-state index contributed by atoms with van der Waals surface area (Å²) in [5.74, 6) is -0.436. The molecule has 5 rings (SSSR count). The van der Waals surface area contributed by atoms with Crippen LogP contribution < -0.4 is 14.4 Å². The number of nitrogens with zero attached hydrogens (tertiary/aromatic N) is 3. The lowest BCUT2D eigenvalue weighted by Gasteiger charge is -2.31. The minimum Gasteiger partial charge on any atom is -0.507 e. The van der Waals surface area contributed by atoms with Gasteiger partial charge < -0.3 is 29.1 Å². The quantitative estimate of drug-likeness (QED) is 0.372. The second-order valence-corrected chi connectivity index (χ2v) is 9.29. The first kappa shape index (κ1) is 24.1. The molecule has 0 saturated carbocycles. The van der Waals surface area contributed by atoms with Gasteiger partial charge in [-0.05, 0) is 35.9 Å². The number of aliphatic hydroxyl groups is 1. The van der Waals surface area contributed by atoms with Crippen molar-refractivity contribution in [2.45, 2.75) is 6.04 Å². The Morgan fingerprint density at radius 1 is 0.944 bits per heavy atom. The summed E-state index contributed by atoms with van der Waals surface area (Å²) in [4.78, 5) is 32.3. The van der Waals surface area contributed by atoms with Crippen molar-refractivity contribution in [1.29, 1.82) is 0 Å². The van der Waals surface area contributed by atoms with Crippen LogP contribution in [0.2, 0.25) is 0 Å². The van der Waals surface area contributed by atoms with E-state index in [0.29, 0.717) is 56.6 Å². The van der Waals surface area contributed by atoms with Crippen molar-refractivity contribution in [3.8, 4) is 11.5 Å². The maximum Gasteiger partial charge on any atom is 0.295 e. The van der Waals surface area contributed by atoms with E-state index in [1.807, 2.05) is 43.3 Å². The molecular formula is C27H31N3O6. The first-order valence-corrected chi connectivity index (χ1v) is 12.2.